The summed E-state index contributed by atoms with van der Waals surface area (Å²) in [5.41, 5.74) is 4.71. The molecule has 164 valence electrons. The largest absolute Gasteiger partial charge is 0.493 e. The molecule has 0 saturated heterocycles. The van der Waals surface area contributed by atoms with Gasteiger partial charge in [-0.2, -0.15) is 0 Å². The van der Waals surface area contributed by atoms with Crippen molar-refractivity contribution in [2.45, 2.75) is 13.5 Å². The molecular weight excluding hydrogens is 525 g/mol. The van der Waals surface area contributed by atoms with Crippen molar-refractivity contribution in [3.63, 3.8) is 0 Å². The van der Waals surface area contributed by atoms with Gasteiger partial charge in [0.05, 0.1) is 46.9 Å². The number of benzene rings is 2. The van der Waals surface area contributed by atoms with Gasteiger partial charge in [-0.1, -0.05) is 29.3 Å². The van der Waals surface area contributed by atoms with Gasteiger partial charge in [-0.3, -0.25) is 0 Å². The number of rotatable bonds is 5. The smallest absolute Gasteiger partial charge is 0.174 e. The topological polar surface area (TPSA) is 41.2 Å². The fraction of sp³-hybridized carbons (Fsp3) is 0.227. The Balaban J connectivity index is 0.00000272. The van der Waals surface area contributed by atoms with Crippen molar-refractivity contribution in [1.82, 2.24) is 14.1 Å². The standard InChI is InChI=1S/C22H20BrCl2N3O2.ClH/c1-5-28-16-7-6-12(8-14(16)18(24)22(28)25)20-19(26-11-27(20)2)13-9-15(23)21(30-4)17(10-13)29-3;/h6-11H,5H2,1-4H3;1H. The molecule has 9 heteroatoms. The Morgan fingerprint density at radius 3 is 2.45 bits per heavy atom. The summed E-state index contributed by atoms with van der Waals surface area (Å²) in [6, 6.07) is 10.1. The third kappa shape index (κ3) is 3.91. The molecule has 0 bridgehead atoms. The van der Waals surface area contributed by atoms with Crippen LogP contribution in [0, 0.1) is 0 Å². The third-order valence-corrected chi connectivity index (χ3v) is 6.64. The maximum absolute atomic E-state index is 6.54. The molecule has 0 aliphatic carbocycles. The van der Waals surface area contributed by atoms with Gasteiger partial charge in [0.15, 0.2) is 11.5 Å². The molecule has 0 N–H and O–H groups in total. The second-order valence-corrected chi connectivity index (χ2v) is 8.42. The van der Waals surface area contributed by atoms with Gasteiger partial charge >= 0.3 is 0 Å². The van der Waals surface area contributed by atoms with Crippen LogP contribution in [0.3, 0.4) is 0 Å². The normalized spacial score (nSPS) is 10.9. The number of halogens is 4. The Morgan fingerprint density at radius 2 is 1.81 bits per heavy atom. The Morgan fingerprint density at radius 1 is 1.06 bits per heavy atom. The predicted molar refractivity (Wildman–Crippen MR) is 133 cm³/mol. The van der Waals surface area contributed by atoms with E-state index in [4.69, 9.17) is 32.7 Å². The first kappa shape index (κ1) is 23.8. The molecule has 0 amide bonds. The summed E-state index contributed by atoms with van der Waals surface area (Å²) in [5, 5.41) is 2.04. The van der Waals surface area contributed by atoms with Crippen LogP contribution in [0.2, 0.25) is 10.2 Å². The highest BCUT2D eigenvalue weighted by Gasteiger charge is 2.20. The van der Waals surface area contributed by atoms with Gasteiger partial charge in [0.1, 0.15) is 5.15 Å². The van der Waals surface area contributed by atoms with Crippen molar-refractivity contribution in [3.05, 3.63) is 51.3 Å². The van der Waals surface area contributed by atoms with Crippen LogP contribution in [0.25, 0.3) is 33.4 Å². The zero-order chi connectivity index (χ0) is 21.6. The monoisotopic (exact) mass is 543 g/mol. The minimum atomic E-state index is 0. The number of ether oxygens (including phenoxy) is 2. The average Bonchev–Trinajstić information content (AvgIpc) is 3.24. The van der Waals surface area contributed by atoms with Gasteiger partial charge < -0.3 is 18.6 Å². The molecule has 5 nitrogen and oxygen atoms in total. The van der Waals surface area contributed by atoms with E-state index in [1.807, 2.05) is 41.3 Å². The van der Waals surface area contributed by atoms with Crippen LogP contribution >= 0.6 is 51.5 Å². The first-order valence-corrected chi connectivity index (χ1v) is 10.9. The fourth-order valence-electron chi connectivity index (χ4n) is 3.78. The van der Waals surface area contributed by atoms with Crippen LogP contribution in [0.15, 0.2) is 41.1 Å². The number of fused-ring (bicyclic) bond motifs is 1. The lowest BCUT2D eigenvalue weighted by Gasteiger charge is -2.13. The predicted octanol–water partition coefficient (Wildman–Crippen LogP) is 7.24. The summed E-state index contributed by atoms with van der Waals surface area (Å²) in [6.45, 7) is 2.79. The molecule has 4 rings (SSSR count). The highest BCUT2D eigenvalue weighted by Crippen LogP contribution is 2.42. The number of nitrogens with zero attached hydrogens (tertiary/aromatic N) is 3. The molecular formula is C22H21BrCl3N3O2. The number of hydrogen-bond donors (Lipinski definition) is 0. The summed E-state index contributed by atoms with van der Waals surface area (Å²) >= 11 is 16.5. The molecule has 0 aliphatic heterocycles. The molecule has 0 atom stereocenters. The van der Waals surface area contributed by atoms with E-state index in [9.17, 15) is 0 Å². The molecule has 2 heterocycles. The van der Waals surface area contributed by atoms with E-state index in [0.717, 1.165) is 44.4 Å². The van der Waals surface area contributed by atoms with Gasteiger partial charge in [0.25, 0.3) is 0 Å². The van der Waals surface area contributed by atoms with Crippen LogP contribution in [-0.4, -0.2) is 28.3 Å². The second-order valence-electron chi connectivity index (χ2n) is 6.83. The Hall–Kier alpha value is -1.86. The highest BCUT2D eigenvalue weighted by molar-refractivity contribution is 9.10. The molecule has 0 spiro atoms. The zero-order valence-electron chi connectivity index (χ0n) is 17.4. The number of aromatic nitrogens is 3. The lowest BCUT2D eigenvalue weighted by molar-refractivity contribution is 0.353. The maximum Gasteiger partial charge on any atom is 0.174 e. The van der Waals surface area contributed by atoms with Crippen LogP contribution in [0.4, 0.5) is 0 Å². The molecule has 2 aromatic heterocycles. The fourth-order valence-corrected chi connectivity index (χ4v) is 4.95. The summed E-state index contributed by atoms with van der Waals surface area (Å²) in [5.74, 6) is 1.27. The molecule has 0 saturated carbocycles. The van der Waals surface area contributed by atoms with Crippen molar-refractivity contribution in [2.24, 2.45) is 7.05 Å². The number of aryl methyl sites for hydroxylation is 2. The zero-order valence-corrected chi connectivity index (χ0v) is 21.3. The molecule has 2 aromatic carbocycles. The average molecular weight is 546 g/mol. The minimum Gasteiger partial charge on any atom is -0.493 e. The molecule has 31 heavy (non-hydrogen) atoms. The van der Waals surface area contributed by atoms with Crippen LogP contribution in [-0.2, 0) is 13.6 Å². The van der Waals surface area contributed by atoms with Crippen molar-refractivity contribution in [2.75, 3.05) is 14.2 Å². The van der Waals surface area contributed by atoms with Crippen molar-refractivity contribution < 1.29 is 9.47 Å². The van der Waals surface area contributed by atoms with E-state index >= 15 is 0 Å². The van der Waals surface area contributed by atoms with Crippen molar-refractivity contribution in [1.29, 1.82) is 0 Å². The van der Waals surface area contributed by atoms with E-state index < -0.39 is 0 Å². The van der Waals surface area contributed by atoms with Gasteiger partial charge in [0.2, 0.25) is 0 Å². The lowest BCUT2D eigenvalue weighted by Crippen LogP contribution is -1.95. The summed E-state index contributed by atoms with van der Waals surface area (Å²) < 4.78 is 15.7. The van der Waals surface area contributed by atoms with Gasteiger partial charge in [-0.05, 0) is 47.1 Å². The molecule has 0 aliphatic rings. The number of imidazole rings is 1. The lowest BCUT2D eigenvalue weighted by atomic mass is 10.0. The number of hydrogen-bond acceptors (Lipinski definition) is 3. The Kier molecular flexibility index (Phi) is 7.16. The molecule has 0 unspecified atom stereocenters. The quantitative estimate of drug-likeness (QED) is 0.266. The first-order valence-electron chi connectivity index (χ1n) is 9.32. The SMILES string of the molecule is CCn1c(Cl)c(Cl)c2cc(-c3c(-c4cc(Br)c(OC)c(OC)c4)ncn3C)ccc21.Cl. The molecule has 4 aromatic rings. The van der Waals surface area contributed by atoms with Crippen LogP contribution < -0.4 is 9.47 Å². The van der Waals surface area contributed by atoms with Crippen molar-refractivity contribution in [3.8, 4) is 34.0 Å². The van der Waals surface area contributed by atoms with Crippen molar-refractivity contribution >= 4 is 62.4 Å². The van der Waals surface area contributed by atoms with Crippen LogP contribution in [0.5, 0.6) is 11.5 Å². The van der Waals surface area contributed by atoms with Gasteiger partial charge in [-0.15, -0.1) is 12.4 Å². The van der Waals surface area contributed by atoms with Crippen LogP contribution in [0.1, 0.15) is 6.92 Å². The maximum atomic E-state index is 6.54. The van der Waals surface area contributed by atoms with E-state index in [0.29, 0.717) is 21.7 Å². The summed E-state index contributed by atoms with van der Waals surface area (Å²) in [4.78, 5) is 4.66. The molecule has 0 radical (unpaired) electrons. The highest BCUT2D eigenvalue weighted by atomic mass is 79.9. The summed E-state index contributed by atoms with van der Waals surface area (Å²) in [7, 11) is 5.20. The first-order chi connectivity index (χ1) is 14.4. The second kappa shape index (κ2) is 9.33. The third-order valence-electron chi connectivity index (χ3n) is 5.18. The summed E-state index contributed by atoms with van der Waals surface area (Å²) in [6.07, 6.45) is 1.80. The number of methoxy groups -OCH3 is 2. The molecule has 0 fully saturated rings. The van der Waals surface area contributed by atoms with Gasteiger partial charge in [0, 0.05) is 30.1 Å². The van der Waals surface area contributed by atoms with E-state index in [1.165, 1.54) is 0 Å². The van der Waals surface area contributed by atoms with E-state index in [1.54, 1.807) is 20.5 Å². The minimum absolute atomic E-state index is 0. The van der Waals surface area contributed by atoms with E-state index in [2.05, 4.69) is 33.0 Å². The van der Waals surface area contributed by atoms with E-state index in [-0.39, 0.29) is 12.4 Å². The Labute approximate surface area is 205 Å². The van der Waals surface area contributed by atoms with Gasteiger partial charge in [-0.25, -0.2) is 4.98 Å². The Bertz CT molecular complexity index is 1270.